The van der Waals surface area contributed by atoms with Crippen LogP contribution in [0.1, 0.15) is 18.7 Å². The van der Waals surface area contributed by atoms with E-state index in [2.05, 4.69) is 45.0 Å². The van der Waals surface area contributed by atoms with Gasteiger partial charge in [0, 0.05) is 23.9 Å². The van der Waals surface area contributed by atoms with Crippen molar-refractivity contribution < 1.29 is 0 Å². The van der Waals surface area contributed by atoms with E-state index in [1.54, 1.807) is 0 Å². The van der Waals surface area contributed by atoms with Gasteiger partial charge < -0.3 is 11.1 Å². The van der Waals surface area contributed by atoms with Crippen molar-refractivity contribution in [3.63, 3.8) is 0 Å². The lowest BCUT2D eigenvalue weighted by Gasteiger charge is -2.07. The first-order valence-electron chi connectivity index (χ1n) is 4.88. The fourth-order valence-corrected chi connectivity index (χ4v) is 2.86. The molecule has 0 unspecified atom stereocenters. The lowest BCUT2D eigenvalue weighted by molar-refractivity contribution is 0.723. The van der Waals surface area contributed by atoms with Crippen LogP contribution in [0.3, 0.4) is 0 Å². The molecule has 3 N–H and O–H groups in total. The number of halogens is 2. The molecule has 6 heteroatoms. The van der Waals surface area contributed by atoms with Crippen LogP contribution in [0.4, 0.5) is 0 Å². The van der Waals surface area contributed by atoms with Gasteiger partial charge in [0.1, 0.15) is 0 Å². The minimum absolute atomic E-state index is 0. The van der Waals surface area contributed by atoms with E-state index in [0.717, 1.165) is 13.0 Å². The van der Waals surface area contributed by atoms with Crippen molar-refractivity contribution >= 4 is 63.9 Å². The van der Waals surface area contributed by atoms with E-state index in [4.69, 9.17) is 5.73 Å². The summed E-state index contributed by atoms with van der Waals surface area (Å²) in [6.07, 6.45) is 0.966. The lowest BCUT2D eigenvalue weighted by atomic mass is 10.3. The van der Waals surface area contributed by atoms with Crippen LogP contribution in [0, 0.1) is 2.88 Å². The van der Waals surface area contributed by atoms with Gasteiger partial charge in [0.25, 0.3) is 0 Å². The SMILES string of the molecule is CC(C)NC(N)=NCCc1ccc(I)s1.I. The maximum atomic E-state index is 5.68. The fourth-order valence-electron chi connectivity index (χ4n) is 1.11. The number of guanidine groups is 1. The van der Waals surface area contributed by atoms with Crippen molar-refractivity contribution in [1.82, 2.24) is 5.32 Å². The van der Waals surface area contributed by atoms with Gasteiger partial charge in [-0.25, -0.2) is 0 Å². The zero-order valence-electron chi connectivity index (χ0n) is 9.37. The largest absolute Gasteiger partial charge is 0.370 e. The molecule has 1 aromatic rings. The molecular formula is C10H17I2N3S. The molecule has 92 valence electrons. The van der Waals surface area contributed by atoms with Crippen molar-refractivity contribution in [2.75, 3.05) is 6.54 Å². The number of thiophene rings is 1. The Morgan fingerprint density at radius 1 is 1.56 bits per heavy atom. The number of rotatable bonds is 4. The molecule has 0 radical (unpaired) electrons. The predicted octanol–water partition coefficient (Wildman–Crippen LogP) is 2.83. The van der Waals surface area contributed by atoms with Gasteiger partial charge in [-0.3, -0.25) is 4.99 Å². The molecule has 0 saturated heterocycles. The van der Waals surface area contributed by atoms with Crippen molar-refractivity contribution in [2.45, 2.75) is 26.3 Å². The van der Waals surface area contributed by atoms with Crippen LogP contribution >= 0.6 is 57.9 Å². The Labute approximate surface area is 131 Å². The first-order chi connectivity index (χ1) is 7.08. The highest BCUT2D eigenvalue weighted by atomic mass is 127. The van der Waals surface area contributed by atoms with E-state index in [-0.39, 0.29) is 24.0 Å². The van der Waals surface area contributed by atoms with E-state index < -0.39 is 0 Å². The minimum atomic E-state index is 0. The Bertz CT molecular complexity index is 337. The molecular weight excluding hydrogens is 448 g/mol. The summed E-state index contributed by atoms with van der Waals surface area (Å²) in [5.41, 5.74) is 5.68. The van der Waals surface area contributed by atoms with Crippen LogP contribution in [0.25, 0.3) is 0 Å². The zero-order chi connectivity index (χ0) is 11.3. The van der Waals surface area contributed by atoms with Crippen molar-refractivity contribution in [3.05, 3.63) is 19.9 Å². The van der Waals surface area contributed by atoms with Crippen LogP contribution in [0.15, 0.2) is 17.1 Å². The van der Waals surface area contributed by atoms with Crippen LogP contribution in [0.2, 0.25) is 0 Å². The Kier molecular flexibility index (Phi) is 8.74. The summed E-state index contributed by atoms with van der Waals surface area (Å²) in [6.45, 7) is 4.84. The molecule has 0 amide bonds. The molecule has 0 atom stereocenters. The van der Waals surface area contributed by atoms with E-state index in [1.807, 2.05) is 25.2 Å². The lowest BCUT2D eigenvalue weighted by Crippen LogP contribution is -2.36. The van der Waals surface area contributed by atoms with Gasteiger partial charge in [0.05, 0.1) is 2.88 Å². The molecule has 0 aromatic carbocycles. The fraction of sp³-hybridized carbons (Fsp3) is 0.500. The van der Waals surface area contributed by atoms with Gasteiger partial charge in [-0.05, 0) is 48.6 Å². The Hall–Kier alpha value is 0.430. The molecule has 0 aliphatic rings. The molecule has 0 aliphatic carbocycles. The second kappa shape index (κ2) is 8.51. The zero-order valence-corrected chi connectivity index (χ0v) is 14.7. The summed E-state index contributed by atoms with van der Waals surface area (Å²) >= 11 is 4.14. The highest BCUT2D eigenvalue weighted by Gasteiger charge is 1.98. The van der Waals surface area contributed by atoms with Gasteiger partial charge in [-0.2, -0.15) is 0 Å². The van der Waals surface area contributed by atoms with Crippen LogP contribution < -0.4 is 11.1 Å². The van der Waals surface area contributed by atoms with Gasteiger partial charge in [-0.1, -0.05) is 0 Å². The van der Waals surface area contributed by atoms with E-state index in [1.165, 1.54) is 7.76 Å². The normalized spacial score (nSPS) is 11.4. The molecule has 0 aliphatic heterocycles. The van der Waals surface area contributed by atoms with Gasteiger partial charge >= 0.3 is 0 Å². The molecule has 1 rings (SSSR count). The van der Waals surface area contributed by atoms with E-state index in [9.17, 15) is 0 Å². The highest BCUT2D eigenvalue weighted by molar-refractivity contribution is 14.1. The monoisotopic (exact) mass is 465 g/mol. The van der Waals surface area contributed by atoms with Gasteiger partial charge in [0.15, 0.2) is 5.96 Å². The average molecular weight is 465 g/mol. The smallest absolute Gasteiger partial charge is 0.188 e. The van der Waals surface area contributed by atoms with Crippen LogP contribution in [-0.4, -0.2) is 18.5 Å². The quantitative estimate of drug-likeness (QED) is 0.409. The first-order valence-corrected chi connectivity index (χ1v) is 6.78. The van der Waals surface area contributed by atoms with Crippen LogP contribution in [-0.2, 0) is 6.42 Å². The number of hydrogen-bond donors (Lipinski definition) is 2. The first kappa shape index (κ1) is 16.4. The highest BCUT2D eigenvalue weighted by Crippen LogP contribution is 2.18. The predicted molar refractivity (Wildman–Crippen MR) is 90.9 cm³/mol. The number of hydrogen-bond acceptors (Lipinski definition) is 2. The molecule has 16 heavy (non-hydrogen) atoms. The molecule has 1 aromatic heterocycles. The van der Waals surface area contributed by atoms with Crippen molar-refractivity contribution in [3.8, 4) is 0 Å². The molecule has 0 spiro atoms. The molecule has 1 heterocycles. The standard InChI is InChI=1S/C10H16IN3S.HI/c1-7(2)14-10(12)13-6-5-8-3-4-9(11)15-8;/h3-4,7H,5-6H2,1-2H3,(H3,12,13,14);1H. The molecule has 0 bridgehead atoms. The summed E-state index contributed by atoms with van der Waals surface area (Å²) in [5.74, 6) is 0.538. The summed E-state index contributed by atoms with van der Waals surface area (Å²) in [6, 6.07) is 4.62. The summed E-state index contributed by atoms with van der Waals surface area (Å²) < 4.78 is 1.32. The third-order valence-electron chi connectivity index (χ3n) is 1.71. The second-order valence-electron chi connectivity index (χ2n) is 3.52. The van der Waals surface area contributed by atoms with E-state index in [0.29, 0.717) is 12.0 Å². The van der Waals surface area contributed by atoms with E-state index >= 15 is 0 Å². The van der Waals surface area contributed by atoms with Gasteiger partial charge in [-0.15, -0.1) is 35.3 Å². The second-order valence-corrected chi connectivity index (χ2v) is 6.58. The van der Waals surface area contributed by atoms with Crippen molar-refractivity contribution in [1.29, 1.82) is 0 Å². The molecule has 0 saturated carbocycles. The third kappa shape index (κ3) is 6.89. The minimum Gasteiger partial charge on any atom is -0.370 e. The maximum Gasteiger partial charge on any atom is 0.188 e. The maximum absolute atomic E-state index is 5.68. The Morgan fingerprint density at radius 2 is 2.25 bits per heavy atom. The number of nitrogens with two attached hydrogens (primary N) is 1. The Morgan fingerprint density at radius 3 is 2.75 bits per heavy atom. The summed E-state index contributed by atoms with van der Waals surface area (Å²) in [4.78, 5) is 5.62. The summed E-state index contributed by atoms with van der Waals surface area (Å²) in [7, 11) is 0. The number of nitrogens with one attached hydrogen (secondary N) is 1. The van der Waals surface area contributed by atoms with Gasteiger partial charge in [0.2, 0.25) is 0 Å². The number of nitrogens with zero attached hydrogens (tertiary/aromatic N) is 1. The Balaban J connectivity index is 0.00000225. The average Bonchev–Trinajstić information content (AvgIpc) is 2.50. The molecule has 0 fully saturated rings. The number of aliphatic imine (C=N–C) groups is 1. The summed E-state index contributed by atoms with van der Waals surface area (Å²) in [5, 5.41) is 3.06. The third-order valence-corrected chi connectivity index (χ3v) is 3.66. The molecule has 3 nitrogen and oxygen atoms in total. The topological polar surface area (TPSA) is 50.4 Å². The van der Waals surface area contributed by atoms with Crippen LogP contribution in [0.5, 0.6) is 0 Å². The van der Waals surface area contributed by atoms with Crippen molar-refractivity contribution in [2.24, 2.45) is 10.7 Å².